The van der Waals surface area contributed by atoms with E-state index in [0.717, 1.165) is 0 Å². The van der Waals surface area contributed by atoms with Gasteiger partial charge >= 0.3 is 0 Å². The SMILES string of the molecule is NC(=O)[C@H](CO)Nc1cc(-c2ccccc2F)nc2ccnn12. The number of aliphatic hydroxyl groups excluding tert-OH is 1. The maximum Gasteiger partial charge on any atom is 0.242 e. The summed E-state index contributed by atoms with van der Waals surface area (Å²) in [5, 5.41) is 16.1. The number of rotatable bonds is 5. The lowest BCUT2D eigenvalue weighted by Gasteiger charge is -2.16. The predicted molar refractivity (Wildman–Crippen MR) is 82.1 cm³/mol. The summed E-state index contributed by atoms with van der Waals surface area (Å²) in [5.74, 6) is -0.753. The molecule has 1 atom stereocenters. The van der Waals surface area contributed by atoms with Crippen LogP contribution in [-0.2, 0) is 4.79 Å². The minimum Gasteiger partial charge on any atom is -0.394 e. The van der Waals surface area contributed by atoms with E-state index in [9.17, 15) is 14.3 Å². The maximum absolute atomic E-state index is 14.0. The van der Waals surface area contributed by atoms with Crippen LogP contribution in [0.4, 0.5) is 10.2 Å². The van der Waals surface area contributed by atoms with Crippen LogP contribution < -0.4 is 11.1 Å². The van der Waals surface area contributed by atoms with Gasteiger partial charge in [0.1, 0.15) is 17.7 Å². The highest BCUT2D eigenvalue weighted by Crippen LogP contribution is 2.24. The van der Waals surface area contributed by atoms with Crippen LogP contribution in [0.25, 0.3) is 16.9 Å². The Morgan fingerprint density at radius 1 is 1.39 bits per heavy atom. The molecule has 0 fully saturated rings. The first-order valence-electron chi connectivity index (χ1n) is 6.86. The van der Waals surface area contributed by atoms with Gasteiger partial charge in [-0.3, -0.25) is 4.79 Å². The molecular weight excluding hydrogens is 301 g/mol. The molecule has 0 aliphatic heterocycles. The van der Waals surface area contributed by atoms with Gasteiger partial charge in [-0.05, 0) is 12.1 Å². The second-order valence-electron chi connectivity index (χ2n) is 4.89. The van der Waals surface area contributed by atoms with Crippen molar-refractivity contribution >= 4 is 17.4 Å². The van der Waals surface area contributed by atoms with Crippen LogP contribution in [0.1, 0.15) is 0 Å². The molecule has 2 aromatic heterocycles. The van der Waals surface area contributed by atoms with Gasteiger partial charge in [0.25, 0.3) is 0 Å². The predicted octanol–water partition coefficient (Wildman–Crippen LogP) is 0.793. The minimum absolute atomic E-state index is 0.318. The molecule has 23 heavy (non-hydrogen) atoms. The zero-order valence-corrected chi connectivity index (χ0v) is 12.0. The number of hydrogen-bond acceptors (Lipinski definition) is 5. The Morgan fingerprint density at radius 3 is 2.87 bits per heavy atom. The van der Waals surface area contributed by atoms with Gasteiger partial charge in [0, 0.05) is 17.7 Å². The number of aliphatic hydroxyl groups is 1. The standard InChI is InChI=1S/C15H14FN5O2/c16-10-4-2-1-3-9(10)11-7-14(20-12(8-22)15(17)23)21-13(19-11)5-6-18-21/h1-7,12,20,22H,8H2,(H2,17,23)/t12-/m0/s1. The fourth-order valence-electron chi connectivity index (χ4n) is 2.21. The van der Waals surface area contributed by atoms with Crippen molar-refractivity contribution in [1.29, 1.82) is 0 Å². The monoisotopic (exact) mass is 315 g/mol. The van der Waals surface area contributed by atoms with Crippen molar-refractivity contribution in [3.05, 3.63) is 48.4 Å². The van der Waals surface area contributed by atoms with Gasteiger partial charge in [-0.25, -0.2) is 9.37 Å². The van der Waals surface area contributed by atoms with E-state index < -0.39 is 24.4 Å². The van der Waals surface area contributed by atoms with Gasteiger partial charge in [0.15, 0.2) is 5.65 Å². The molecule has 8 heteroatoms. The van der Waals surface area contributed by atoms with Crippen molar-refractivity contribution in [2.45, 2.75) is 6.04 Å². The highest BCUT2D eigenvalue weighted by molar-refractivity contribution is 5.83. The van der Waals surface area contributed by atoms with Crippen molar-refractivity contribution in [2.75, 3.05) is 11.9 Å². The number of nitrogens with zero attached hydrogens (tertiary/aromatic N) is 3. The molecule has 0 aliphatic carbocycles. The molecule has 4 N–H and O–H groups in total. The van der Waals surface area contributed by atoms with Crippen LogP contribution in [0.5, 0.6) is 0 Å². The largest absolute Gasteiger partial charge is 0.394 e. The van der Waals surface area contributed by atoms with Crippen LogP contribution in [0.15, 0.2) is 42.6 Å². The number of anilines is 1. The normalized spacial score (nSPS) is 12.3. The van der Waals surface area contributed by atoms with Crippen LogP contribution in [0, 0.1) is 5.82 Å². The summed E-state index contributed by atoms with van der Waals surface area (Å²) in [6.45, 7) is -0.477. The molecule has 0 bridgehead atoms. The number of carbonyl (C=O) groups is 1. The Kier molecular flexibility index (Phi) is 3.90. The van der Waals surface area contributed by atoms with E-state index >= 15 is 0 Å². The fraction of sp³-hybridized carbons (Fsp3) is 0.133. The molecule has 2 heterocycles. The quantitative estimate of drug-likeness (QED) is 0.645. The number of benzene rings is 1. The molecule has 118 valence electrons. The first kappa shape index (κ1) is 14.9. The van der Waals surface area contributed by atoms with Crippen molar-refractivity contribution in [2.24, 2.45) is 5.73 Å². The Balaban J connectivity index is 2.12. The third-order valence-corrected chi connectivity index (χ3v) is 3.36. The summed E-state index contributed by atoms with van der Waals surface area (Å²) in [6, 6.07) is 8.44. The summed E-state index contributed by atoms with van der Waals surface area (Å²) >= 11 is 0. The molecule has 3 aromatic rings. The molecule has 0 saturated heterocycles. The second-order valence-corrected chi connectivity index (χ2v) is 4.89. The smallest absolute Gasteiger partial charge is 0.242 e. The lowest BCUT2D eigenvalue weighted by Crippen LogP contribution is -2.38. The average Bonchev–Trinajstić information content (AvgIpc) is 3.01. The van der Waals surface area contributed by atoms with Gasteiger partial charge in [0.05, 0.1) is 18.5 Å². The number of hydrogen-bond donors (Lipinski definition) is 3. The molecule has 1 amide bonds. The minimum atomic E-state index is -0.988. The third kappa shape index (κ3) is 2.84. The molecule has 0 radical (unpaired) electrons. The van der Waals surface area contributed by atoms with Crippen LogP contribution in [-0.4, -0.2) is 38.3 Å². The number of carbonyl (C=O) groups excluding carboxylic acids is 1. The van der Waals surface area contributed by atoms with Gasteiger partial charge in [0.2, 0.25) is 5.91 Å². The van der Waals surface area contributed by atoms with Crippen LogP contribution in [0.2, 0.25) is 0 Å². The van der Waals surface area contributed by atoms with Crippen LogP contribution in [0.3, 0.4) is 0 Å². The van der Waals surface area contributed by atoms with E-state index in [1.807, 2.05) is 0 Å². The van der Waals surface area contributed by atoms with Crippen LogP contribution >= 0.6 is 0 Å². The van der Waals surface area contributed by atoms with E-state index in [-0.39, 0.29) is 0 Å². The summed E-state index contributed by atoms with van der Waals surface area (Å²) in [5.41, 5.74) is 6.38. The number of halogens is 1. The maximum atomic E-state index is 14.0. The lowest BCUT2D eigenvalue weighted by molar-refractivity contribution is -0.119. The first-order chi connectivity index (χ1) is 11.1. The molecule has 1 aromatic carbocycles. The second kappa shape index (κ2) is 6.01. The van der Waals surface area contributed by atoms with Gasteiger partial charge in [-0.2, -0.15) is 9.61 Å². The van der Waals surface area contributed by atoms with Crippen molar-refractivity contribution in [3.63, 3.8) is 0 Å². The molecule has 0 spiro atoms. The molecule has 7 nitrogen and oxygen atoms in total. The summed E-state index contributed by atoms with van der Waals surface area (Å²) < 4.78 is 15.4. The zero-order chi connectivity index (χ0) is 16.4. The lowest BCUT2D eigenvalue weighted by atomic mass is 10.1. The highest BCUT2D eigenvalue weighted by Gasteiger charge is 2.17. The van der Waals surface area contributed by atoms with E-state index in [2.05, 4.69) is 15.4 Å². The third-order valence-electron chi connectivity index (χ3n) is 3.36. The Labute approximate surface area is 130 Å². The van der Waals surface area contributed by atoms with Gasteiger partial charge < -0.3 is 16.2 Å². The van der Waals surface area contributed by atoms with Gasteiger partial charge in [-0.15, -0.1) is 0 Å². The number of nitrogens with two attached hydrogens (primary N) is 1. The number of amides is 1. The topological polar surface area (TPSA) is 106 Å². The van der Waals surface area contributed by atoms with Crippen molar-refractivity contribution in [1.82, 2.24) is 14.6 Å². The van der Waals surface area contributed by atoms with Crippen molar-refractivity contribution in [3.8, 4) is 11.3 Å². The summed E-state index contributed by atoms with van der Waals surface area (Å²) in [4.78, 5) is 15.7. The zero-order valence-electron chi connectivity index (χ0n) is 12.0. The van der Waals surface area contributed by atoms with E-state index in [1.54, 1.807) is 30.3 Å². The Morgan fingerprint density at radius 2 is 2.17 bits per heavy atom. The van der Waals surface area contributed by atoms with E-state index in [4.69, 9.17) is 5.73 Å². The Hall–Kier alpha value is -3.00. The number of primary amides is 1. The molecular formula is C15H14FN5O2. The molecule has 0 aliphatic rings. The summed E-state index contributed by atoms with van der Waals surface area (Å²) in [7, 11) is 0. The Bertz CT molecular complexity index is 864. The molecule has 0 unspecified atom stereocenters. The first-order valence-corrected chi connectivity index (χ1v) is 6.86. The van der Waals surface area contributed by atoms with E-state index in [1.165, 1.54) is 16.8 Å². The summed E-state index contributed by atoms with van der Waals surface area (Å²) in [6.07, 6.45) is 1.52. The molecule has 3 rings (SSSR count). The fourth-order valence-corrected chi connectivity index (χ4v) is 2.21. The number of nitrogens with one attached hydrogen (secondary N) is 1. The van der Waals surface area contributed by atoms with Crippen molar-refractivity contribution < 1.29 is 14.3 Å². The van der Waals surface area contributed by atoms with Gasteiger partial charge in [-0.1, -0.05) is 12.1 Å². The highest BCUT2D eigenvalue weighted by atomic mass is 19.1. The number of fused-ring (bicyclic) bond motifs is 1. The van der Waals surface area contributed by atoms with E-state index in [0.29, 0.717) is 22.7 Å². The average molecular weight is 315 g/mol. The molecule has 0 saturated carbocycles. The number of aromatic nitrogens is 3.